The van der Waals surface area contributed by atoms with Crippen LogP contribution in [0.4, 0.5) is 10.9 Å². The van der Waals surface area contributed by atoms with E-state index in [2.05, 4.69) is 31.1 Å². The van der Waals surface area contributed by atoms with Gasteiger partial charge in [-0.25, -0.2) is 4.98 Å². The van der Waals surface area contributed by atoms with Crippen LogP contribution in [0, 0.1) is 6.92 Å². The number of carbonyl (C=O) groups excluding carboxylic acids is 2. The standard InChI is InChI=1S/C17H18N6O3S/c1-11-5-8-26-14(11)16(25)19-7-2-6-18-13-4-3-12(9-20-13)15(24)22-17-23-21-10-27-17/h3-5,8-10H,2,6-7H2,1H3,(H,18,20)(H,19,25)(H,22,23,24). The van der Waals surface area contributed by atoms with Crippen molar-refractivity contribution < 1.29 is 14.0 Å². The molecule has 2 amide bonds. The minimum Gasteiger partial charge on any atom is -0.459 e. The van der Waals surface area contributed by atoms with Crippen LogP contribution in [-0.4, -0.2) is 40.1 Å². The van der Waals surface area contributed by atoms with Gasteiger partial charge in [-0.3, -0.25) is 14.9 Å². The fourth-order valence-electron chi connectivity index (χ4n) is 2.22. The highest BCUT2D eigenvalue weighted by Gasteiger charge is 2.11. The summed E-state index contributed by atoms with van der Waals surface area (Å²) in [6.45, 7) is 2.96. The number of rotatable bonds is 8. The van der Waals surface area contributed by atoms with E-state index in [4.69, 9.17) is 4.42 Å². The average molecular weight is 386 g/mol. The molecule has 0 spiro atoms. The first kappa shape index (κ1) is 18.5. The van der Waals surface area contributed by atoms with E-state index in [1.165, 1.54) is 23.8 Å². The lowest BCUT2D eigenvalue weighted by molar-refractivity contribution is 0.0924. The van der Waals surface area contributed by atoms with Crippen LogP contribution in [0.25, 0.3) is 0 Å². The first-order valence-corrected chi connectivity index (χ1v) is 9.11. The fourth-order valence-corrected chi connectivity index (χ4v) is 2.66. The maximum absolute atomic E-state index is 12.0. The molecule has 3 aromatic rings. The molecule has 0 aliphatic rings. The lowest BCUT2D eigenvalue weighted by atomic mass is 10.2. The van der Waals surface area contributed by atoms with Gasteiger partial charge in [0.1, 0.15) is 11.3 Å². The van der Waals surface area contributed by atoms with E-state index in [0.717, 1.165) is 5.56 Å². The number of hydrogen-bond donors (Lipinski definition) is 3. The topological polar surface area (TPSA) is 122 Å². The van der Waals surface area contributed by atoms with Crippen molar-refractivity contribution in [2.75, 3.05) is 23.7 Å². The number of amides is 2. The minimum absolute atomic E-state index is 0.221. The highest BCUT2D eigenvalue weighted by atomic mass is 32.1. The molecule has 0 aromatic carbocycles. The maximum atomic E-state index is 12.0. The van der Waals surface area contributed by atoms with Gasteiger partial charge in [0.05, 0.1) is 11.8 Å². The number of nitrogens with one attached hydrogen (secondary N) is 3. The molecule has 9 nitrogen and oxygen atoms in total. The molecule has 3 heterocycles. The zero-order valence-electron chi connectivity index (χ0n) is 14.6. The molecule has 0 radical (unpaired) electrons. The summed E-state index contributed by atoms with van der Waals surface area (Å²) < 4.78 is 5.14. The van der Waals surface area contributed by atoms with Gasteiger partial charge in [0.25, 0.3) is 11.8 Å². The number of aromatic nitrogens is 3. The lowest BCUT2D eigenvalue weighted by Gasteiger charge is -2.07. The predicted molar refractivity (Wildman–Crippen MR) is 101 cm³/mol. The molecule has 0 aliphatic carbocycles. The van der Waals surface area contributed by atoms with E-state index >= 15 is 0 Å². The molecule has 3 N–H and O–H groups in total. The molecule has 0 saturated heterocycles. The van der Waals surface area contributed by atoms with Crippen LogP contribution in [-0.2, 0) is 0 Å². The SMILES string of the molecule is Cc1ccoc1C(=O)NCCCNc1ccc(C(=O)Nc2nncs2)cn1. The molecule has 0 unspecified atom stereocenters. The van der Waals surface area contributed by atoms with Gasteiger partial charge in [0.2, 0.25) is 5.13 Å². The van der Waals surface area contributed by atoms with Crippen molar-refractivity contribution in [3.05, 3.63) is 53.1 Å². The Labute approximate surface area is 159 Å². The highest BCUT2D eigenvalue weighted by molar-refractivity contribution is 7.13. The molecule has 10 heteroatoms. The Morgan fingerprint density at radius 1 is 1.19 bits per heavy atom. The zero-order valence-corrected chi connectivity index (χ0v) is 15.4. The van der Waals surface area contributed by atoms with E-state index in [9.17, 15) is 9.59 Å². The smallest absolute Gasteiger partial charge is 0.287 e. The van der Waals surface area contributed by atoms with E-state index < -0.39 is 0 Å². The third-order valence-corrected chi connectivity index (χ3v) is 4.23. The van der Waals surface area contributed by atoms with Crippen molar-refractivity contribution in [1.82, 2.24) is 20.5 Å². The summed E-state index contributed by atoms with van der Waals surface area (Å²) in [5.41, 5.74) is 2.78. The molecule has 3 aromatic heterocycles. The summed E-state index contributed by atoms with van der Waals surface area (Å²) in [5.74, 6) is 0.478. The fraction of sp³-hybridized carbons (Fsp3) is 0.235. The molecule has 0 atom stereocenters. The summed E-state index contributed by atoms with van der Waals surface area (Å²) in [4.78, 5) is 28.1. The average Bonchev–Trinajstić information content (AvgIpc) is 3.33. The summed E-state index contributed by atoms with van der Waals surface area (Å²) in [6, 6.07) is 5.15. The van der Waals surface area contributed by atoms with Crippen LogP contribution >= 0.6 is 11.3 Å². The van der Waals surface area contributed by atoms with Crippen LogP contribution in [0.5, 0.6) is 0 Å². The highest BCUT2D eigenvalue weighted by Crippen LogP contribution is 2.11. The molecule has 140 valence electrons. The minimum atomic E-state index is -0.290. The van der Waals surface area contributed by atoms with Gasteiger partial charge in [-0.1, -0.05) is 11.3 Å². The third kappa shape index (κ3) is 5.11. The van der Waals surface area contributed by atoms with Gasteiger partial charge in [-0.2, -0.15) is 0 Å². The second kappa shape index (κ2) is 8.90. The third-order valence-electron chi connectivity index (χ3n) is 3.62. The summed E-state index contributed by atoms with van der Waals surface area (Å²) in [6.07, 6.45) is 3.70. The largest absolute Gasteiger partial charge is 0.459 e. The summed E-state index contributed by atoms with van der Waals surface area (Å²) in [7, 11) is 0. The van der Waals surface area contributed by atoms with E-state index in [-0.39, 0.29) is 11.8 Å². The van der Waals surface area contributed by atoms with Gasteiger partial charge >= 0.3 is 0 Å². The van der Waals surface area contributed by atoms with E-state index in [1.807, 2.05) is 6.92 Å². The summed E-state index contributed by atoms with van der Waals surface area (Å²) >= 11 is 1.24. The first-order chi connectivity index (χ1) is 13.1. The number of anilines is 2. The van der Waals surface area contributed by atoms with Crippen LogP contribution in [0.15, 0.2) is 40.6 Å². The van der Waals surface area contributed by atoms with Crippen molar-refractivity contribution in [3.8, 4) is 0 Å². The van der Waals surface area contributed by atoms with Crippen molar-refractivity contribution in [1.29, 1.82) is 0 Å². The quantitative estimate of drug-likeness (QED) is 0.508. The van der Waals surface area contributed by atoms with Gasteiger partial charge in [0, 0.05) is 24.8 Å². The predicted octanol–water partition coefficient (Wildman–Crippen LogP) is 2.32. The van der Waals surface area contributed by atoms with Crippen molar-refractivity contribution >= 4 is 34.1 Å². The van der Waals surface area contributed by atoms with Crippen molar-refractivity contribution in [2.24, 2.45) is 0 Å². The molecule has 0 saturated carbocycles. The Kier molecular flexibility index (Phi) is 6.10. The maximum Gasteiger partial charge on any atom is 0.287 e. The van der Waals surface area contributed by atoms with Crippen molar-refractivity contribution in [3.63, 3.8) is 0 Å². The number of furan rings is 1. The molecule has 0 fully saturated rings. The van der Waals surface area contributed by atoms with Crippen molar-refractivity contribution in [2.45, 2.75) is 13.3 Å². The normalized spacial score (nSPS) is 10.4. The molecular formula is C17H18N6O3S. The van der Waals surface area contributed by atoms with Gasteiger partial charge < -0.3 is 15.1 Å². The monoisotopic (exact) mass is 386 g/mol. The van der Waals surface area contributed by atoms with Crippen LogP contribution in [0.2, 0.25) is 0 Å². The zero-order chi connectivity index (χ0) is 19.1. The van der Waals surface area contributed by atoms with Crippen LogP contribution in [0.1, 0.15) is 32.9 Å². The van der Waals surface area contributed by atoms with Crippen LogP contribution in [0.3, 0.4) is 0 Å². The van der Waals surface area contributed by atoms with Gasteiger partial charge in [-0.05, 0) is 31.5 Å². The summed E-state index contributed by atoms with van der Waals surface area (Å²) in [5, 5.41) is 16.4. The lowest BCUT2D eigenvalue weighted by Crippen LogP contribution is -2.26. The Hall–Kier alpha value is -3.27. The molecule has 0 bridgehead atoms. The number of aryl methyl sites for hydroxylation is 1. The second-order valence-electron chi connectivity index (χ2n) is 5.60. The molecule has 3 rings (SSSR count). The second-order valence-corrected chi connectivity index (χ2v) is 6.43. The number of nitrogens with zero attached hydrogens (tertiary/aromatic N) is 3. The number of pyridine rings is 1. The van der Waals surface area contributed by atoms with E-state index in [0.29, 0.717) is 41.8 Å². The Balaban J connectivity index is 1.38. The molecule has 27 heavy (non-hydrogen) atoms. The number of hydrogen-bond acceptors (Lipinski definition) is 8. The Morgan fingerprint density at radius 3 is 2.74 bits per heavy atom. The first-order valence-electron chi connectivity index (χ1n) is 8.23. The molecule has 0 aliphatic heterocycles. The van der Waals surface area contributed by atoms with Gasteiger partial charge in [-0.15, -0.1) is 10.2 Å². The Bertz CT molecular complexity index is 892. The Morgan fingerprint density at radius 2 is 2.07 bits per heavy atom. The molecular weight excluding hydrogens is 368 g/mol. The van der Waals surface area contributed by atoms with Gasteiger partial charge in [0.15, 0.2) is 5.76 Å². The van der Waals surface area contributed by atoms with Crippen LogP contribution < -0.4 is 16.0 Å². The van der Waals surface area contributed by atoms with E-state index in [1.54, 1.807) is 23.7 Å². The number of carbonyl (C=O) groups is 2.